The van der Waals surface area contributed by atoms with Crippen molar-refractivity contribution < 1.29 is 14.0 Å². The molecule has 2 N–H and O–H groups in total. The van der Waals surface area contributed by atoms with E-state index in [1.165, 1.54) is 31.3 Å². The van der Waals surface area contributed by atoms with Gasteiger partial charge in [0.05, 0.1) is 0 Å². The summed E-state index contributed by atoms with van der Waals surface area (Å²) in [7, 11) is 1.79. The zero-order valence-corrected chi connectivity index (χ0v) is 13.8. The van der Waals surface area contributed by atoms with E-state index >= 15 is 0 Å². The Hall–Kier alpha value is -3.22. The van der Waals surface area contributed by atoms with E-state index in [1.54, 1.807) is 36.1 Å². The Morgan fingerprint density at radius 3 is 2.72 bits per heavy atom. The minimum absolute atomic E-state index is 0.138. The van der Waals surface area contributed by atoms with E-state index in [1.807, 2.05) is 0 Å². The molecule has 0 bridgehead atoms. The lowest BCUT2D eigenvalue weighted by Gasteiger charge is -2.19. The molecule has 1 atom stereocenters. The number of imidazole rings is 1. The minimum Gasteiger partial charge on any atom is -0.356 e. The highest BCUT2D eigenvalue weighted by molar-refractivity contribution is 5.99. The highest BCUT2D eigenvalue weighted by atomic mass is 19.1. The van der Waals surface area contributed by atoms with Crippen LogP contribution in [0.1, 0.15) is 45.2 Å². The summed E-state index contributed by atoms with van der Waals surface area (Å²) in [6, 6.07) is 6.85. The molecule has 128 valence electrons. The minimum atomic E-state index is -0.632. The molecular weight excluding hydrogens is 323 g/mol. The number of carbonyl (C=O) groups excluding carboxylic acids is 2. The largest absolute Gasteiger partial charge is 0.356 e. The number of carbonyl (C=O) groups is 2. The monoisotopic (exact) mass is 340 g/mol. The molecule has 0 unspecified atom stereocenters. The number of amides is 1. The van der Waals surface area contributed by atoms with Gasteiger partial charge in [0, 0.05) is 31.2 Å². The fraction of sp³-hybridized carbons (Fsp3) is 0.167. The Bertz CT molecular complexity index is 929. The second kappa shape index (κ2) is 6.72. The summed E-state index contributed by atoms with van der Waals surface area (Å²) in [5.41, 5.74) is 1.24. The molecule has 0 radical (unpaired) electrons. The molecule has 2 heterocycles. The van der Waals surface area contributed by atoms with Crippen LogP contribution in [-0.4, -0.2) is 26.2 Å². The van der Waals surface area contributed by atoms with Crippen molar-refractivity contribution in [2.45, 2.75) is 13.0 Å². The summed E-state index contributed by atoms with van der Waals surface area (Å²) >= 11 is 0. The van der Waals surface area contributed by atoms with Crippen LogP contribution in [0.15, 0.2) is 48.9 Å². The Kier molecular flexibility index (Phi) is 4.47. The number of H-pyrrole nitrogens is 1. The molecule has 0 fully saturated rings. The molecule has 1 amide bonds. The number of aromatic nitrogens is 3. The molecule has 0 spiro atoms. The van der Waals surface area contributed by atoms with Crippen molar-refractivity contribution in [1.29, 1.82) is 0 Å². The number of nitrogens with zero attached hydrogens (tertiary/aromatic N) is 2. The molecule has 25 heavy (non-hydrogen) atoms. The molecule has 3 aromatic rings. The van der Waals surface area contributed by atoms with Crippen LogP contribution in [0.5, 0.6) is 0 Å². The topological polar surface area (TPSA) is 79.8 Å². The van der Waals surface area contributed by atoms with Gasteiger partial charge in [0.25, 0.3) is 5.91 Å². The lowest BCUT2D eigenvalue weighted by atomic mass is 10.1. The second-order valence-electron chi connectivity index (χ2n) is 5.72. The molecule has 1 aromatic carbocycles. The van der Waals surface area contributed by atoms with E-state index in [4.69, 9.17) is 0 Å². The number of halogens is 1. The lowest BCUT2D eigenvalue weighted by molar-refractivity contribution is 0.0936. The zero-order valence-electron chi connectivity index (χ0n) is 13.8. The average molecular weight is 340 g/mol. The quantitative estimate of drug-likeness (QED) is 0.701. The second-order valence-corrected chi connectivity index (χ2v) is 5.72. The fourth-order valence-electron chi connectivity index (χ4n) is 2.58. The molecule has 0 saturated heterocycles. The van der Waals surface area contributed by atoms with Gasteiger partial charge in [-0.25, -0.2) is 9.37 Å². The summed E-state index contributed by atoms with van der Waals surface area (Å²) in [6.45, 7) is 1.42. The number of Topliss-reactive ketones (excluding diaryl/α,β-unsaturated/α-hetero) is 1. The number of aryl methyl sites for hydroxylation is 1. The van der Waals surface area contributed by atoms with E-state index in [2.05, 4.69) is 15.3 Å². The average Bonchev–Trinajstić information content (AvgIpc) is 3.21. The fourth-order valence-corrected chi connectivity index (χ4v) is 2.58. The first-order valence-corrected chi connectivity index (χ1v) is 7.68. The Balaban J connectivity index is 1.93. The number of ketones is 1. The van der Waals surface area contributed by atoms with Crippen molar-refractivity contribution in [3.63, 3.8) is 0 Å². The van der Waals surface area contributed by atoms with Crippen molar-refractivity contribution in [2.24, 2.45) is 7.05 Å². The molecule has 7 heteroatoms. The van der Waals surface area contributed by atoms with E-state index in [0.29, 0.717) is 17.0 Å². The first-order valence-electron chi connectivity index (χ1n) is 7.68. The molecule has 2 aromatic heterocycles. The van der Waals surface area contributed by atoms with Crippen LogP contribution < -0.4 is 5.32 Å². The number of hydrogen-bond donors (Lipinski definition) is 2. The predicted molar refractivity (Wildman–Crippen MR) is 89.7 cm³/mol. The molecule has 0 saturated carbocycles. The van der Waals surface area contributed by atoms with E-state index in [0.717, 1.165) is 0 Å². The Morgan fingerprint density at radius 2 is 2.12 bits per heavy atom. The third-order valence-electron chi connectivity index (χ3n) is 3.91. The van der Waals surface area contributed by atoms with Crippen LogP contribution in [-0.2, 0) is 7.05 Å². The predicted octanol–water partition coefficient (Wildman–Crippen LogP) is 2.61. The third kappa shape index (κ3) is 3.50. The van der Waals surface area contributed by atoms with Gasteiger partial charge in [0.1, 0.15) is 23.4 Å². The summed E-state index contributed by atoms with van der Waals surface area (Å²) in [6.07, 6.45) is 4.84. The van der Waals surface area contributed by atoms with Crippen LogP contribution in [0.4, 0.5) is 4.39 Å². The van der Waals surface area contributed by atoms with Gasteiger partial charge in [0.2, 0.25) is 0 Å². The van der Waals surface area contributed by atoms with Crippen molar-refractivity contribution in [2.75, 3.05) is 0 Å². The first-order chi connectivity index (χ1) is 12.0. The zero-order chi connectivity index (χ0) is 18.0. The van der Waals surface area contributed by atoms with E-state index in [-0.39, 0.29) is 11.5 Å². The molecule has 3 rings (SSSR count). The molecule has 6 nitrogen and oxygen atoms in total. The summed E-state index contributed by atoms with van der Waals surface area (Å²) in [5, 5.41) is 2.84. The van der Waals surface area contributed by atoms with Gasteiger partial charge in [-0.15, -0.1) is 0 Å². The van der Waals surface area contributed by atoms with E-state index in [9.17, 15) is 14.0 Å². The summed E-state index contributed by atoms with van der Waals surface area (Å²) in [4.78, 5) is 31.0. The van der Waals surface area contributed by atoms with Crippen molar-refractivity contribution in [3.8, 4) is 0 Å². The van der Waals surface area contributed by atoms with Crippen molar-refractivity contribution in [3.05, 3.63) is 77.4 Å². The van der Waals surface area contributed by atoms with Crippen molar-refractivity contribution in [1.82, 2.24) is 19.9 Å². The number of benzene rings is 1. The summed E-state index contributed by atoms with van der Waals surface area (Å²) < 4.78 is 15.4. The SMILES string of the molecule is CC(=O)c1c[nH]c(C(=O)N[C@H](c2cccc(F)c2)c2nccn2C)c1. The van der Waals surface area contributed by atoms with Crippen LogP contribution in [0.25, 0.3) is 0 Å². The van der Waals surface area contributed by atoms with Gasteiger partial charge in [-0.05, 0) is 30.7 Å². The molecular formula is C18H17FN4O2. The van der Waals surface area contributed by atoms with Gasteiger partial charge in [-0.3, -0.25) is 9.59 Å². The molecule has 0 aliphatic rings. The maximum atomic E-state index is 13.6. The van der Waals surface area contributed by atoms with Gasteiger partial charge in [0.15, 0.2) is 5.78 Å². The molecule has 0 aliphatic carbocycles. The highest BCUT2D eigenvalue weighted by Crippen LogP contribution is 2.22. The highest BCUT2D eigenvalue weighted by Gasteiger charge is 2.22. The smallest absolute Gasteiger partial charge is 0.268 e. The van der Waals surface area contributed by atoms with Gasteiger partial charge < -0.3 is 14.9 Å². The number of nitrogens with one attached hydrogen (secondary N) is 2. The van der Waals surface area contributed by atoms with E-state index < -0.39 is 17.8 Å². The van der Waals surface area contributed by atoms with Gasteiger partial charge in [-0.1, -0.05) is 12.1 Å². The number of hydrogen-bond acceptors (Lipinski definition) is 3. The van der Waals surface area contributed by atoms with Crippen LogP contribution in [0.2, 0.25) is 0 Å². The van der Waals surface area contributed by atoms with Crippen LogP contribution in [0.3, 0.4) is 0 Å². The first kappa shape index (κ1) is 16.6. The maximum Gasteiger partial charge on any atom is 0.268 e. The molecule has 0 aliphatic heterocycles. The van der Waals surface area contributed by atoms with Gasteiger partial charge in [-0.2, -0.15) is 0 Å². The van der Waals surface area contributed by atoms with Gasteiger partial charge >= 0.3 is 0 Å². The van der Waals surface area contributed by atoms with Crippen molar-refractivity contribution >= 4 is 11.7 Å². The standard InChI is InChI=1S/C18H17FN4O2/c1-11(24)13-9-15(21-10-13)18(25)22-16(17-20-6-7-23(17)2)12-4-3-5-14(19)8-12/h3-10,16,21H,1-2H3,(H,22,25)/t16-/m1/s1. The lowest BCUT2D eigenvalue weighted by Crippen LogP contribution is -2.31. The normalized spacial score (nSPS) is 12.0. The van der Waals surface area contributed by atoms with Crippen LogP contribution >= 0.6 is 0 Å². The maximum absolute atomic E-state index is 13.6. The number of aromatic amines is 1. The summed E-state index contributed by atoms with van der Waals surface area (Å²) in [5.74, 6) is -0.382. The Morgan fingerprint density at radius 1 is 1.32 bits per heavy atom. The number of rotatable bonds is 5. The third-order valence-corrected chi connectivity index (χ3v) is 3.91. The van der Waals surface area contributed by atoms with Crippen LogP contribution in [0, 0.1) is 5.82 Å². The Labute approximate surface area is 143 Å².